The fourth-order valence-electron chi connectivity index (χ4n) is 2.64. The van der Waals surface area contributed by atoms with Crippen LogP contribution in [0.25, 0.3) is 0 Å². The van der Waals surface area contributed by atoms with Crippen LogP contribution in [0.1, 0.15) is 27.2 Å². The molecule has 0 unspecified atom stereocenters. The minimum absolute atomic E-state index is 0.238. The second-order valence-corrected chi connectivity index (χ2v) is 6.48. The lowest BCUT2D eigenvalue weighted by molar-refractivity contribution is 0.0945. The van der Waals surface area contributed by atoms with Gasteiger partial charge in [-0.05, 0) is 36.6 Å². The number of carbonyl (C=O) groups excluding carboxylic acids is 1. The first-order valence-electron chi connectivity index (χ1n) is 9.16. The SMILES string of the molecule is COc1ccc(CCNc2cnc(C(=O)NCc3ccc(C)cc3)cn2)cc1. The fourth-order valence-corrected chi connectivity index (χ4v) is 2.64. The number of anilines is 1. The number of ether oxygens (including phenoxy) is 1. The van der Waals surface area contributed by atoms with Gasteiger partial charge in [-0.25, -0.2) is 9.97 Å². The summed E-state index contributed by atoms with van der Waals surface area (Å²) in [4.78, 5) is 20.7. The van der Waals surface area contributed by atoms with Gasteiger partial charge in [-0.15, -0.1) is 0 Å². The third-order valence-corrected chi connectivity index (χ3v) is 4.34. The van der Waals surface area contributed by atoms with E-state index in [1.807, 2.05) is 55.5 Å². The molecule has 3 rings (SSSR count). The van der Waals surface area contributed by atoms with Crippen LogP contribution in [-0.4, -0.2) is 29.5 Å². The summed E-state index contributed by atoms with van der Waals surface area (Å²) in [6, 6.07) is 16.0. The van der Waals surface area contributed by atoms with E-state index in [-0.39, 0.29) is 5.91 Å². The molecule has 0 spiro atoms. The zero-order valence-electron chi connectivity index (χ0n) is 16.1. The molecular weight excluding hydrogens is 352 g/mol. The molecule has 6 nitrogen and oxygen atoms in total. The van der Waals surface area contributed by atoms with Crippen molar-refractivity contribution in [1.29, 1.82) is 0 Å². The molecule has 1 aromatic heterocycles. The molecule has 0 aliphatic carbocycles. The van der Waals surface area contributed by atoms with Crippen molar-refractivity contribution in [3.05, 3.63) is 83.3 Å². The first-order chi connectivity index (χ1) is 13.6. The van der Waals surface area contributed by atoms with Gasteiger partial charge in [0.1, 0.15) is 17.3 Å². The minimum Gasteiger partial charge on any atom is -0.497 e. The molecular formula is C22H24N4O2. The predicted octanol–water partition coefficient (Wildman–Crippen LogP) is 3.38. The van der Waals surface area contributed by atoms with Crippen LogP contribution in [0.3, 0.4) is 0 Å². The third kappa shape index (κ3) is 5.54. The number of carbonyl (C=O) groups is 1. The maximum Gasteiger partial charge on any atom is 0.271 e. The van der Waals surface area contributed by atoms with Gasteiger partial charge >= 0.3 is 0 Å². The van der Waals surface area contributed by atoms with E-state index >= 15 is 0 Å². The number of aryl methyl sites for hydroxylation is 1. The molecule has 28 heavy (non-hydrogen) atoms. The molecule has 0 atom stereocenters. The monoisotopic (exact) mass is 376 g/mol. The number of nitrogens with one attached hydrogen (secondary N) is 2. The zero-order chi connectivity index (χ0) is 19.8. The van der Waals surface area contributed by atoms with Crippen LogP contribution in [0.4, 0.5) is 5.82 Å². The molecule has 0 saturated heterocycles. The maximum atomic E-state index is 12.2. The van der Waals surface area contributed by atoms with Crippen LogP contribution in [0.2, 0.25) is 0 Å². The number of nitrogens with zero attached hydrogens (tertiary/aromatic N) is 2. The second kappa shape index (κ2) is 9.50. The number of hydrogen-bond donors (Lipinski definition) is 2. The van der Waals surface area contributed by atoms with Gasteiger partial charge in [0.05, 0.1) is 19.5 Å². The summed E-state index contributed by atoms with van der Waals surface area (Å²) < 4.78 is 5.15. The lowest BCUT2D eigenvalue weighted by Gasteiger charge is -2.08. The number of methoxy groups -OCH3 is 1. The summed E-state index contributed by atoms with van der Waals surface area (Å²) in [5.41, 5.74) is 3.74. The predicted molar refractivity (Wildman–Crippen MR) is 110 cm³/mol. The van der Waals surface area contributed by atoms with Gasteiger partial charge in [0.2, 0.25) is 0 Å². The zero-order valence-corrected chi connectivity index (χ0v) is 16.1. The largest absolute Gasteiger partial charge is 0.497 e. The van der Waals surface area contributed by atoms with Gasteiger partial charge in [0.25, 0.3) is 5.91 Å². The Kier molecular flexibility index (Phi) is 6.57. The van der Waals surface area contributed by atoms with E-state index in [2.05, 4.69) is 20.6 Å². The van der Waals surface area contributed by atoms with Crippen LogP contribution in [0, 0.1) is 6.92 Å². The van der Waals surface area contributed by atoms with Crippen LogP contribution in [0.15, 0.2) is 60.9 Å². The Morgan fingerprint density at radius 1 is 0.964 bits per heavy atom. The van der Waals surface area contributed by atoms with Crippen molar-refractivity contribution in [2.24, 2.45) is 0 Å². The summed E-state index contributed by atoms with van der Waals surface area (Å²) in [6.45, 7) is 3.22. The number of hydrogen-bond acceptors (Lipinski definition) is 5. The topological polar surface area (TPSA) is 76.1 Å². The van der Waals surface area contributed by atoms with Crippen LogP contribution >= 0.6 is 0 Å². The Morgan fingerprint density at radius 2 is 1.68 bits per heavy atom. The smallest absolute Gasteiger partial charge is 0.271 e. The van der Waals surface area contributed by atoms with Crippen LogP contribution in [0.5, 0.6) is 5.75 Å². The van der Waals surface area contributed by atoms with Crippen molar-refractivity contribution >= 4 is 11.7 Å². The highest BCUT2D eigenvalue weighted by molar-refractivity contribution is 5.91. The Hall–Kier alpha value is -3.41. The Labute approximate surface area is 165 Å². The van der Waals surface area contributed by atoms with Gasteiger partial charge in [-0.2, -0.15) is 0 Å². The molecule has 0 radical (unpaired) electrons. The van der Waals surface area contributed by atoms with E-state index in [0.29, 0.717) is 18.1 Å². The Bertz CT molecular complexity index is 891. The average molecular weight is 376 g/mol. The highest BCUT2D eigenvalue weighted by Gasteiger charge is 2.08. The summed E-state index contributed by atoms with van der Waals surface area (Å²) in [7, 11) is 1.65. The van der Waals surface area contributed by atoms with E-state index in [0.717, 1.165) is 24.3 Å². The normalized spacial score (nSPS) is 10.4. The Balaban J connectivity index is 1.45. The second-order valence-electron chi connectivity index (χ2n) is 6.48. The van der Waals surface area contributed by atoms with Crippen molar-refractivity contribution in [2.75, 3.05) is 19.0 Å². The number of amides is 1. The molecule has 0 aliphatic rings. The van der Waals surface area contributed by atoms with Crippen molar-refractivity contribution in [3.63, 3.8) is 0 Å². The number of benzene rings is 2. The molecule has 1 amide bonds. The van der Waals surface area contributed by atoms with Crippen LogP contribution < -0.4 is 15.4 Å². The lowest BCUT2D eigenvalue weighted by Crippen LogP contribution is -2.24. The van der Waals surface area contributed by atoms with Gasteiger partial charge in [-0.3, -0.25) is 4.79 Å². The quantitative estimate of drug-likeness (QED) is 0.630. The molecule has 2 N–H and O–H groups in total. The van der Waals surface area contributed by atoms with Gasteiger partial charge in [0.15, 0.2) is 0 Å². The van der Waals surface area contributed by atoms with E-state index in [4.69, 9.17) is 4.74 Å². The van der Waals surface area contributed by atoms with Gasteiger partial charge in [-0.1, -0.05) is 42.0 Å². The van der Waals surface area contributed by atoms with Gasteiger partial charge < -0.3 is 15.4 Å². The highest BCUT2D eigenvalue weighted by Crippen LogP contribution is 2.12. The summed E-state index contributed by atoms with van der Waals surface area (Å²) in [5.74, 6) is 1.25. The maximum absolute atomic E-state index is 12.2. The van der Waals surface area contributed by atoms with Crippen molar-refractivity contribution in [1.82, 2.24) is 15.3 Å². The molecule has 0 aliphatic heterocycles. The molecule has 6 heteroatoms. The number of aromatic nitrogens is 2. The van der Waals surface area contributed by atoms with E-state index < -0.39 is 0 Å². The van der Waals surface area contributed by atoms with E-state index in [1.54, 1.807) is 13.3 Å². The molecule has 0 fully saturated rings. The molecule has 0 saturated carbocycles. The molecule has 0 bridgehead atoms. The average Bonchev–Trinajstić information content (AvgIpc) is 2.74. The third-order valence-electron chi connectivity index (χ3n) is 4.34. The fraction of sp³-hybridized carbons (Fsp3) is 0.227. The van der Waals surface area contributed by atoms with E-state index in [1.165, 1.54) is 17.3 Å². The highest BCUT2D eigenvalue weighted by atomic mass is 16.5. The molecule has 1 heterocycles. The molecule has 3 aromatic rings. The number of rotatable bonds is 8. The molecule has 2 aromatic carbocycles. The van der Waals surface area contributed by atoms with Crippen LogP contribution in [-0.2, 0) is 13.0 Å². The summed E-state index contributed by atoms with van der Waals surface area (Å²) in [6.07, 6.45) is 3.92. The molecule has 144 valence electrons. The lowest BCUT2D eigenvalue weighted by atomic mass is 10.1. The van der Waals surface area contributed by atoms with Crippen molar-refractivity contribution < 1.29 is 9.53 Å². The van der Waals surface area contributed by atoms with Gasteiger partial charge in [0, 0.05) is 13.1 Å². The minimum atomic E-state index is -0.238. The standard InChI is InChI=1S/C22H24N4O2/c1-16-3-5-18(6-4-16)13-26-22(27)20-14-25-21(15-24-20)23-12-11-17-7-9-19(28-2)10-8-17/h3-10,14-15H,11-13H2,1-2H3,(H,23,25)(H,26,27). The summed E-state index contributed by atoms with van der Waals surface area (Å²) in [5, 5.41) is 6.07. The first-order valence-corrected chi connectivity index (χ1v) is 9.16. The first kappa shape index (κ1) is 19.4. The van der Waals surface area contributed by atoms with Crippen molar-refractivity contribution in [3.8, 4) is 5.75 Å². The van der Waals surface area contributed by atoms with Crippen molar-refractivity contribution in [2.45, 2.75) is 19.9 Å². The summed E-state index contributed by atoms with van der Waals surface area (Å²) >= 11 is 0. The Morgan fingerprint density at radius 3 is 2.32 bits per heavy atom. The van der Waals surface area contributed by atoms with E-state index in [9.17, 15) is 4.79 Å².